The average molecular weight is 367 g/mol. The van der Waals surface area contributed by atoms with Crippen molar-refractivity contribution in [3.8, 4) is 5.75 Å². The molecule has 5 nitrogen and oxygen atoms in total. The average Bonchev–Trinajstić information content (AvgIpc) is 2.66. The molecule has 144 valence electrons. The van der Waals surface area contributed by atoms with E-state index in [0.29, 0.717) is 0 Å². The van der Waals surface area contributed by atoms with Gasteiger partial charge in [-0.25, -0.2) is 0 Å². The van der Waals surface area contributed by atoms with E-state index in [4.69, 9.17) is 4.74 Å². The first-order valence-corrected chi connectivity index (χ1v) is 9.63. The third-order valence-corrected chi connectivity index (χ3v) is 5.22. The van der Waals surface area contributed by atoms with Gasteiger partial charge in [-0.2, -0.15) is 0 Å². The maximum Gasteiger partial charge on any atom is 0.258 e. The van der Waals surface area contributed by atoms with Crippen LogP contribution < -0.4 is 10.1 Å². The first-order valence-electron chi connectivity index (χ1n) is 9.63. The molecular weight excluding hydrogens is 338 g/mol. The molecule has 0 bridgehead atoms. The fourth-order valence-electron chi connectivity index (χ4n) is 3.62. The molecule has 0 spiro atoms. The fraction of sp³-hybridized carbons (Fsp3) is 0.455. The SMILES string of the molecule is Cc1ccc(C)c(OCC(=O)N[C@H]2CCCN(Cc3cccnc3)C2)c1C. The highest BCUT2D eigenvalue weighted by Crippen LogP contribution is 2.25. The minimum atomic E-state index is -0.0523. The van der Waals surface area contributed by atoms with Gasteiger partial charge in [-0.1, -0.05) is 18.2 Å². The Bertz CT molecular complexity index is 777. The predicted octanol–water partition coefficient (Wildman–Crippen LogP) is 3.17. The zero-order chi connectivity index (χ0) is 19.2. The molecule has 1 aromatic carbocycles. The number of pyridine rings is 1. The number of amides is 1. The number of aromatic nitrogens is 1. The topological polar surface area (TPSA) is 54.5 Å². The Morgan fingerprint density at radius 2 is 2.07 bits per heavy atom. The van der Waals surface area contributed by atoms with Crippen molar-refractivity contribution < 1.29 is 9.53 Å². The molecule has 1 atom stereocenters. The van der Waals surface area contributed by atoms with E-state index in [2.05, 4.69) is 34.3 Å². The van der Waals surface area contributed by atoms with E-state index in [1.807, 2.05) is 32.2 Å². The van der Waals surface area contributed by atoms with E-state index in [1.165, 1.54) is 11.1 Å². The lowest BCUT2D eigenvalue weighted by Crippen LogP contribution is -2.48. The number of hydrogen-bond donors (Lipinski definition) is 1. The van der Waals surface area contributed by atoms with Gasteiger partial charge in [0.1, 0.15) is 5.75 Å². The Morgan fingerprint density at radius 1 is 1.26 bits per heavy atom. The fourth-order valence-corrected chi connectivity index (χ4v) is 3.62. The molecule has 5 heteroatoms. The minimum Gasteiger partial charge on any atom is -0.483 e. The lowest BCUT2D eigenvalue weighted by atomic mass is 10.0. The molecule has 1 aliphatic heterocycles. The van der Waals surface area contributed by atoms with Crippen molar-refractivity contribution in [2.24, 2.45) is 0 Å². The summed E-state index contributed by atoms with van der Waals surface area (Å²) < 4.78 is 5.84. The van der Waals surface area contributed by atoms with Crippen LogP contribution in [-0.2, 0) is 11.3 Å². The highest BCUT2D eigenvalue weighted by Gasteiger charge is 2.22. The lowest BCUT2D eigenvalue weighted by Gasteiger charge is -2.33. The van der Waals surface area contributed by atoms with E-state index in [0.717, 1.165) is 49.4 Å². The first-order chi connectivity index (χ1) is 13.0. The highest BCUT2D eigenvalue weighted by atomic mass is 16.5. The van der Waals surface area contributed by atoms with Gasteiger partial charge >= 0.3 is 0 Å². The molecule has 1 N–H and O–H groups in total. The van der Waals surface area contributed by atoms with Crippen molar-refractivity contribution >= 4 is 5.91 Å². The molecule has 0 unspecified atom stereocenters. The van der Waals surface area contributed by atoms with Gasteiger partial charge in [-0.05, 0) is 68.5 Å². The van der Waals surface area contributed by atoms with Gasteiger partial charge in [0.05, 0.1) is 0 Å². The third-order valence-electron chi connectivity index (χ3n) is 5.22. The summed E-state index contributed by atoms with van der Waals surface area (Å²) in [6.07, 6.45) is 5.79. The number of piperidine rings is 1. The number of hydrogen-bond acceptors (Lipinski definition) is 4. The number of carbonyl (C=O) groups excluding carboxylic acids is 1. The Labute approximate surface area is 161 Å². The van der Waals surface area contributed by atoms with Gasteiger partial charge in [0, 0.05) is 31.5 Å². The van der Waals surface area contributed by atoms with E-state index in [9.17, 15) is 4.79 Å². The standard InChI is InChI=1S/C22H29N3O2/c1-16-8-9-17(2)22(18(16)3)27-15-21(26)24-20-7-5-11-25(14-20)13-19-6-4-10-23-12-19/h4,6,8-10,12,20H,5,7,11,13-15H2,1-3H3,(H,24,26)/t20-/m0/s1. The summed E-state index contributed by atoms with van der Waals surface area (Å²) in [5.41, 5.74) is 4.54. The molecule has 1 amide bonds. The van der Waals surface area contributed by atoms with Crippen molar-refractivity contribution in [1.29, 1.82) is 0 Å². The van der Waals surface area contributed by atoms with Crippen molar-refractivity contribution in [2.75, 3.05) is 19.7 Å². The Kier molecular flexibility index (Phi) is 6.45. The van der Waals surface area contributed by atoms with Crippen LogP contribution in [0.1, 0.15) is 35.1 Å². The Morgan fingerprint density at radius 3 is 2.85 bits per heavy atom. The smallest absolute Gasteiger partial charge is 0.258 e. The predicted molar refractivity (Wildman–Crippen MR) is 107 cm³/mol. The van der Waals surface area contributed by atoms with E-state index in [1.54, 1.807) is 6.20 Å². The van der Waals surface area contributed by atoms with Gasteiger partial charge in [0.2, 0.25) is 0 Å². The molecule has 2 aromatic rings. The van der Waals surface area contributed by atoms with Crippen molar-refractivity contribution in [1.82, 2.24) is 15.2 Å². The maximum absolute atomic E-state index is 12.4. The number of rotatable bonds is 6. The second-order valence-electron chi connectivity index (χ2n) is 7.45. The van der Waals surface area contributed by atoms with E-state index in [-0.39, 0.29) is 18.6 Å². The molecule has 1 aliphatic rings. The molecular formula is C22H29N3O2. The van der Waals surface area contributed by atoms with E-state index >= 15 is 0 Å². The lowest BCUT2D eigenvalue weighted by molar-refractivity contribution is -0.124. The number of ether oxygens (including phenoxy) is 1. The number of nitrogens with zero attached hydrogens (tertiary/aromatic N) is 2. The van der Waals surface area contributed by atoms with Crippen LogP contribution >= 0.6 is 0 Å². The van der Waals surface area contributed by atoms with E-state index < -0.39 is 0 Å². The molecule has 0 radical (unpaired) electrons. The van der Waals surface area contributed by atoms with Crippen LogP contribution in [-0.4, -0.2) is 41.5 Å². The Balaban J connectivity index is 1.50. The summed E-state index contributed by atoms with van der Waals surface area (Å²) in [6.45, 7) is 8.95. The van der Waals surface area contributed by atoms with Crippen molar-refractivity contribution in [2.45, 2.75) is 46.2 Å². The molecule has 1 aromatic heterocycles. The summed E-state index contributed by atoms with van der Waals surface area (Å²) >= 11 is 0. The molecule has 1 saturated heterocycles. The second-order valence-corrected chi connectivity index (χ2v) is 7.45. The number of benzene rings is 1. The molecule has 2 heterocycles. The third kappa shape index (κ3) is 5.30. The van der Waals surface area contributed by atoms with Crippen LogP contribution in [0.4, 0.5) is 0 Å². The minimum absolute atomic E-state index is 0.0523. The van der Waals surface area contributed by atoms with Crippen LogP contribution in [0.15, 0.2) is 36.7 Å². The number of aryl methyl sites for hydroxylation is 2. The molecule has 0 aliphatic carbocycles. The van der Waals surface area contributed by atoms with Crippen LogP contribution in [0.5, 0.6) is 5.75 Å². The van der Waals surface area contributed by atoms with Gasteiger partial charge in [0.25, 0.3) is 5.91 Å². The highest BCUT2D eigenvalue weighted by molar-refractivity contribution is 5.78. The summed E-state index contributed by atoms with van der Waals surface area (Å²) in [5.74, 6) is 0.774. The molecule has 1 fully saturated rings. The van der Waals surface area contributed by atoms with Crippen molar-refractivity contribution in [3.05, 3.63) is 58.9 Å². The summed E-state index contributed by atoms with van der Waals surface area (Å²) in [4.78, 5) is 18.9. The summed E-state index contributed by atoms with van der Waals surface area (Å²) in [5, 5.41) is 3.14. The monoisotopic (exact) mass is 367 g/mol. The Hall–Kier alpha value is -2.40. The molecule has 0 saturated carbocycles. The van der Waals surface area contributed by atoms with Crippen LogP contribution in [0, 0.1) is 20.8 Å². The molecule has 27 heavy (non-hydrogen) atoms. The van der Waals surface area contributed by atoms with Crippen LogP contribution in [0.3, 0.4) is 0 Å². The molecule has 3 rings (SSSR count). The van der Waals surface area contributed by atoms with Gasteiger partial charge in [-0.15, -0.1) is 0 Å². The first kappa shape index (κ1) is 19.4. The normalized spacial score (nSPS) is 17.5. The number of likely N-dealkylation sites (tertiary alicyclic amines) is 1. The summed E-state index contributed by atoms with van der Waals surface area (Å²) in [6, 6.07) is 8.34. The van der Waals surface area contributed by atoms with Crippen LogP contribution in [0.2, 0.25) is 0 Å². The van der Waals surface area contributed by atoms with Gasteiger partial charge in [0.15, 0.2) is 6.61 Å². The quantitative estimate of drug-likeness (QED) is 0.852. The van der Waals surface area contributed by atoms with Crippen molar-refractivity contribution in [3.63, 3.8) is 0 Å². The number of nitrogens with one attached hydrogen (secondary N) is 1. The van der Waals surface area contributed by atoms with Gasteiger partial charge < -0.3 is 10.1 Å². The second kappa shape index (κ2) is 9.00. The zero-order valence-corrected chi connectivity index (χ0v) is 16.5. The largest absolute Gasteiger partial charge is 0.483 e. The summed E-state index contributed by atoms with van der Waals surface area (Å²) in [7, 11) is 0. The number of carbonyl (C=O) groups is 1. The maximum atomic E-state index is 12.4. The van der Waals surface area contributed by atoms with Crippen LogP contribution in [0.25, 0.3) is 0 Å². The van der Waals surface area contributed by atoms with Gasteiger partial charge in [-0.3, -0.25) is 14.7 Å². The zero-order valence-electron chi connectivity index (χ0n) is 16.5.